The van der Waals surface area contributed by atoms with Crippen molar-refractivity contribution in [3.63, 3.8) is 0 Å². The molecular weight excluding hydrogens is 468 g/mol. The van der Waals surface area contributed by atoms with Crippen molar-refractivity contribution in [2.45, 2.75) is 37.4 Å². The van der Waals surface area contributed by atoms with Crippen molar-refractivity contribution < 1.29 is 4.74 Å². The average Bonchev–Trinajstić information content (AvgIpc) is 3.36. The van der Waals surface area contributed by atoms with Crippen LogP contribution in [0.3, 0.4) is 0 Å². The van der Waals surface area contributed by atoms with Crippen LogP contribution in [0.25, 0.3) is 5.65 Å². The molecule has 178 valence electrons. The Morgan fingerprint density at radius 2 is 1.94 bits per heavy atom. The number of hydrogen-bond acceptors (Lipinski definition) is 10. The van der Waals surface area contributed by atoms with Crippen LogP contribution < -0.4 is 20.9 Å². The van der Waals surface area contributed by atoms with Crippen molar-refractivity contribution in [1.82, 2.24) is 24.9 Å². The third-order valence-electron chi connectivity index (χ3n) is 6.46. The first kappa shape index (κ1) is 21.9. The molecule has 3 aliphatic rings. The summed E-state index contributed by atoms with van der Waals surface area (Å²) >= 11 is 6.85. The van der Waals surface area contributed by atoms with E-state index in [1.807, 2.05) is 6.07 Å². The van der Waals surface area contributed by atoms with Crippen LogP contribution >= 0.6 is 11.6 Å². The van der Waals surface area contributed by atoms with Gasteiger partial charge in [0, 0.05) is 25.2 Å². The number of nitrogens with one attached hydrogen (secondary N) is 3. The topological polar surface area (TPSA) is 139 Å². The molecule has 1 aromatic carbocycles. The summed E-state index contributed by atoms with van der Waals surface area (Å²) in [6.07, 6.45) is 4.58. The maximum Gasteiger partial charge on any atom is 0.247 e. The van der Waals surface area contributed by atoms with Crippen LogP contribution in [0.5, 0.6) is 0 Å². The number of imidazole rings is 1. The highest BCUT2D eigenvalue weighted by molar-refractivity contribution is 6.36. The molecule has 35 heavy (non-hydrogen) atoms. The Kier molecular flexibility index (Phi) is 5.53. The third-order valence-corrected chi connectivity index (χ3v) is 6.86. The smallest absolute Gasteiger partial charge is 0.247 e. The van der Waals surface area contributed by atoms with Crippen LogP contribution in [-0.2, 0) is 4.74 Å². The van der Waals surface area contributed by atoms with Crippen LogP contribution in [0.4, 0.5) is 23.1 Å². The molecule has 4 heterocycles. The molecule has 3 N–H and O–H groups in total. The van der Waals surface area contributed by atoms with Gasteiger partial charge in [-0.05, 0) is 31.4 Å². The normalized spacial score (nSPS) is 19.9. The van der Waals surface area contributed by atoms with Crippen LogP contribution in [0.1, 0.15) is 30.5 Å². The van der Waals surface area contributed by atoms with Gasteiger partial charge in [-0.3, -0.25) is 0 Å². The molecule has 0 amide bonds. The average molecular weight is 491 g/mol. The van der Waals surface area contributed by atoms with E-state index in [1.54, 1.807) is 6.07 Å². The summed E-state index contributed by atoms with van der Waals surface area (Å²) in [7, 11) is 0. The van der Waals surface area contributed by atoms with Gasteiger partial charge in [0.2, 0.25) is 5.95 Å². The molecule has 3 fully saturated rings. The second-order valence-corrected chi connectivity index (χ2v) is 9.50. The summed E-state index contributed by atoms with van der Waals surface area (Å²) in [5.74, 6) is 0.803. The number of nitrogens with zero attached hydrogens (tertiary/aromatic N) is 7. The highest BCUT2D eigenvalue weighted by Crippen LogP contribution is 2.37. The van der Waals surface area contributed by atoms with Gasteiger partial charge < -0.3 is 25.6 Å². The molecule has 0 spiro atoms. The van der Waals surface area contributed by atoms with Gasteiger partial charge in [0.1, 0.15) is 6.07 Å². The number of aromatic nitrogens is 4. The van der Waals surface area contributed by atoms with E-state index in [1.165, 1.54) is 10.7 Å². The van der Waals surface area contributed by atoms with Gasteiger partial charge in [-0.2, -0.15) is 20.0 Å². The Balaban J connectivity index is 1.31. The second kappa shape index (κ2) is 8.86. The van der Waals surface area contributed by atoms with Gasteiger partial charge in [-0.25, -0.2) is 4.98 Å². The molecule has 12 heteroatoms. The summed E-state index contributed by atoms with van der Waals surface area (Å²) in [6.45, 7) is 3.13. The predicted octanol–water partition coefficient (Wildman–Crippen LogP) is 2.41. The molecule has 2 aliphatic heterocycles. The zero-order valence-electron chi connectivity index (χ0n) is 18.8. The van der Waals surface area contributed by atoms with Crippen molar-refractivity contribution >= 4 is 40.4 Å². The number of hydrogen-bond donors (Lipinski definition) is 3. The highest BCUT2D eigenvalue weighted by Gasteiger charge is 2.29. The van der Waals surface area contributed by atoms with Gasteiger partial charge in [-0.15, -0.1) is 5.10 Å². The lowest BCUT2D eigenvalue weighted by atomic mass is 10.1. The fourth-order valence-corrected chi connectivity index (χ4v) is 4.70. The van der Waals surface area contributed by atoms with E-state index in [0.29, 0.717) is 51.6 Å². The van der Waals surface area contributed by atoms with Gasteiger partial charge in [0.25, 0.3) is 0 Å². The summed E-state index contributed by atoms with van der Waals surface area (Å²) in [5, 5.41) is 34.2. The van der Waals surface area contributed by atoms with Crippen LogP contribution in [0, 0.1) is 22.7 Å². The van der Waals surface area contributed by atoms with Gasteiger partial charge in [0.15, 0.2) is 17.2 Å². The van der Waals surface area contributed by atoms with Crippen molar-refractivity contribution in [2.24, 2.45) is 0 Å². The van der Waals surface area contributed by atoms with E-state index in [-0.39, 0.29) is 5.95 Å². The zero-order valence-corrected chi connectivity index (χ0v) is 19.6. The van der Waals surface area contributed by atoms with E-state index in [0.717, 1.165) is 51.3 Å². The number of nitriles is 2. The first-order valence-corrected chi connectivity index (χ1v) is 12.0. The van der Waals surface area contributed by atoms with E-state index < -0.39 is 0 Å². The summed E-state index contributed by atoms with van der Waals surface area (Å²) in [6, 6.07) is 8.92. The Bertz CT molecular complexity index is 1370. The molecule has 3 aromatic rings. The minimum absolute atomic E-state index is 0.254. The quantitative estimate of drug-likeness (QED) is 0.452. The van der Waals surface area contributed by atoms with E-state index in [9.17, 15) is 10.5 Å². The Morgan fingerprint density at radius 3 is 2.66 bits per heavy atom. The predicted molar refractivity (Wildman–Crippen MR) is 130 cm³/mol. The van der Waals surface area contributed by atoms with Gasteiger partial charge in [0.05, 0.1) is 53.5 Å². The fraction of sp³-hybridized carbons (Fsp3) is 0.435. The summed E-state index contributed by atoms with van der Waals surface area (Å²) < 4.78 is 6.73. The zero-order chi connectivity index (χ0) is 23.9. The second-order valence-electron chi connectivity index (χ2n) is 9.12. The largest absolute Gasteiger partial charge is 0.378 e. The molecule has 1 aliphatic carbocycles. The Hall–Kier alpha value is -3.64. The lowest BCUT2D eigenvalue weighted by Gasteiger charge is -2.30. The number of rotatable bonds is 7. The molecule has 0 radical (unpaired) electrons. The number of benzene rings is 1. The van der Waals surface area contributed by atoms with Gasteiger partial charge >= 0.3 is 0 Å². The molecule has 0 bridgehead atoms. The molecule has 6 rings (SSSR count). The maximum atomic E-state index is 9.67. The molecule has 2 aromatic heterocycles. The Labute approximate surface area is 206 Å². The maximum absolute atomic E-state index is 9.67. The number of anilines is 4. The fourth-order valence-electron chi connectivity index (χ4n) is 4.42. The summed E-state index contributed by atoms with van der Waals surface area (Å²) in [5.41, 5.74) is 2.59. The van der Waals surface area contributed by atoms with E-state index in [4.69, 9.17) is 16.3 Å². The van der Waals surface area contributed by atoms with Gasteiger partial charge in [-0.1, -0.05) is 11.6 Å². The number of ether oxygens (including phenoxy) is 1. The monoisotopic (exact) mass is 490 g/mol. The standard InChI is InChI=1S/C23H23ClN10O/c24-20-18(5-13(7-25)6-19(20)33-4-3-15(10-33)28-16-11-35-12-16)30-23-31-21(29-14-1-2-14)22-27-9-17(8-26)34(22)32-23/h5-6,9,14-16,28H,1-4,10-12H2,(H2,29,30,31,32)/t15-/m1/s1. The minimum atomic E-state index is 0.254. The van der Waals surface area contributed by atoms with Crippen molar-refractivity contribution in [1.29, 1.82) is 10.5 Å². The first-order valence-electron chi connectivity index (χ1n) is 11.6. The highest BCUT2D eigenvalue weighted by atomic mass is 35.5. The minimum Gasteiger partial charge on any atom is -0.378 e. The molecular formula is C23H23ClN10O. The van der Waals surface area contributed by atoms with E-state index >= 15 is 0 Å². The van der Waals surface area contributed by atoms with Crippen molar-refractivity contribution in [3.05, 3.63) is 34.6 Å². The SMILES string of the molecule is N#Cc1cc(Nc2nc(NC3CC3)c3ncc(C#N)n3n2)c(Cl)c(N2CC[C@@H](NC3COC3)C2)c1. The molecule has 1 atom stereocenters. The van der Waals surface area contributed by atoms with Crippen molar-refractivity contribution in [2.75, 3.05) is 41.8 Å². The molecule has 11 nitrogen and oxygen atoms in total. The molecule has 0 unspecified atom stereocenters. The van der Waals surface area contributed by atoms with Crippen LogP contribution in [-0.4, -0.2) is 64.0 Å². The van der Waals surface area contributed by atoms with Crippen molar-refractivity contribution in [3.8, 4) is 12.1 Å². The third kappa shape index (κ3) is 4.30. The summed E-state index contributed by atoms with van der Waals surface area (Å²) in [4.78, 5) is 11.1. The van der Waals surface area contributed by atoms with E-state index in [2.05, 4.69) is 48.1 Å². The lowest BCUT2D eigenvalue weighted by molar-refractivity contribution is -0.00895. The first-order chi connectivity index (χ1) is 17.1. The lowest BCUT2D eigenvalue weighted by Crippen LogP contribution is -2.51. The van der Waals surface area contributed by atoms with Crippen LogP contribution in [0.2, 0.25) is 5.02 Å². The molecule has 1 saturated carbocycles. The number of halogens is 1. The Morgan fingerprint density at radius 1 is 1.09 bits per heavy atom. The van der Waals surface area contributed by atoms with Crippen LogP contribution in [0.15, 0.2) is 18.3 Å². The molecule has 2 saturated heterocycles. The number of fused-ring (bicyclic) bond motifs is 1.